The van der Waals surface area contributed by atoms with Crippen molar-refractivity contribution in [3.63, 3.8) is 0 Å². The monoisotopic (exact) mass is 255 g/mol. The van der Waals surface area contributed by atoms with Gasteiger partial charge in [0, 0.05) is 13.0 Å². The lowest BCUT2D eigenvalue weighted by molar-refractivity contribution is -0.125. The van der Waals surface area contributed by atoms with Crippen LogP contribution in [0.1, 0.15) is 30.8 Å². The van der Waals surface area contributed by atoms with E-state index in [0.29, 0.717) is 18.9 Å². The number of imide groups is 1. The van der Waals surface area contributed by atoms with Crippen LogP contribution in [-0.2, 0) is 4.79 Å². The summed E-state index contributed by atoms with van der Waals surface area (Å²) in [5.41, 5.74) is 0. The van der Waals surface area contributed by atoms with E-state index in [2.05, 4.69) is 13.8 Å². The van der Waals surface area contributed by atoms with Crippen LogP contribution < -0.4 is 0 Å². The van der Waals surface area contributed by atoms with E-state index in [9.17, 15) is 9.59 Å². The lowest BCUT2D eigenvalue weighted by atomic mass is 9.95. The number of nitrogens with zero attached hydrogens (tertiary/aromatic N) is 1. The van der Waals surface area contributed by atoms with Gasteiger partial charge in [-0.3, -0.25) is 14.5 Å². The summed E-state index contributed by atoms with van der Waals surface area (Å²) in [6.45, 7) is 4.57. The minimum absolute atomic E-state index is 0.118. The van der Waals surface area contributed by atoms with Gasteiger partial charge in [-0.15, -0.1) is 0 Å². The molecule has 0 spiro atoms. The Bertz CT molecular complexity index is 452. The lowest BCUT2D eigenvalue weighted by Gasteiger charge is -2.15. The predicted octanol–water partition coefficient (Wildman–Crippen LogP) is 2.58. The predicted molar refractivity (Wildman–Crippen MR) is 62.7 cm³/mol. The molecule has 0 N–H and O–H groups in total. The summed E-state index contributed by atoms with van der Waals surface area (Å²) in [6, 6.07) is 2.98. The Kier molecular flexibility index (Phi) is 3.24. The van der Waals surface area contributed by atoms with Crippen molar-refractivity contribution < 1.29 is 14.0 Å². The molecule has 2 heterocycles. The number of amides is 2. The normalized spacial score (nSPS) is 20.4. The molecule has 1 aromatic rings. The highest BCUT2D eigenvalue weighted by Crippen LogP contribution is 2.26. The minimum Gasteiger partial charge on any atom is -0.440 e. The first kappa shape index (κ1) is 12.2. The van der Waals surface area contributed by atoms with Crippen molar-refractivity contribution in [3.05, 3.63) is 23.1 Å². The Morgan fingerprint density at radius 2 is 2.24 bits per heavy atom. The molecule has 1 aromatic heterocycles. The van der Waals surface area contributed by atoms with Crippen molar-refractivity contribution in [2.24, 2.45) is 11.8 Å². The van der Waals surface area contributed by atoms with Crippen molar-refractivity contribution in [1.29, 1.82) is 0 Å². The first-order valence-corrected chi connectivity index (χ1v) is 5.97. The molecule has 1 aliphatic heterocycles. The van der Waals surface area contributed by atoms with Gasteiger partial charge in [0.2, 0.25) is 5.91 Å². The van der Waals surface area contributed by atoms with E-state index in [1.54, 1.807) is 0 Å². The molecule has 2 rings (SSSR count). The van der Waals surface area contributed by atoms with Gasteiger partial charge >= 0.3 is 0 Å². The van der Waals surface area contributed by atoms with Crippen molar-refractivity contribution in [2.75, 3.05) is 6.54 Å². The average molecular weight is 256 g/mol. The molecule has 4 nitrogen and oxygen atoms in total. The highest BCUT2D eigenvalue weighted by Gasteiger charge is 2.36. The lowest BCUT2D eigenvalue weighted by Crippen LogP contribution is -2.32. The number of hydrogen-bond donors (Lipinski definition) is 0. The summed E-state index contributed by atoms with van der Waals surface area (Å²) in [5, 5.41) is 0.153. The Morgan fingerprint density at radius 1 is 1.53 bits per heavy atom. The molecule has 0 aliphatic carbocycles. The van der Waals surface area contributed by atoms with Gasteiger partial charge in [0.25, 0.3) is 5.91 Å². The third-order valence-electron chi connectivity index (χ3n) is 3.13. The van der Waals surface area contributed by atoms with Crippen LogP contribution in [0.4, 0.5) is 0 Å². The molecule has 92 valence electrons. The second-order valence-electron chi connectivity index (χ2n) is 4.62. The Hall–Kier alpha value is -1.29. The number of likely N-dealkylation sites (tertiary alicyclic amines) is 1. The van der Waals surface area contributed by atoms with Crippen LogP contribution in [0.15, 0.2) is 16.5 Å². The first-order chi connectivity index (χ1) is 7.99. The van der Waals surface area contributed by atoms with E-state index < -0.39 is 5.91 Å². The van der Waals surface area contributed by atoms with Crippen molar-refractivity contribution >= 4 is 23.4 Å². The maximum absolute atomic E-state index is 12.0. The van der Waals surface area contributed by atoms with Crippen molar-refractivity contribution in [1.82, 2.24) is 4.90 Å². The van der Waals surface area contributed by atoms with Crippen LogP contribution in [0, 0.1) is 11.8 Å². The molecule has 1 saturated heterocycles. The molecule has 0 bridgehead atoms. The van der Waals surface area contributed by atoms with Gasteiger partial charge in [0.1, 0.15) is 0 Å². The summed E-state index contributed by atoms with van der Waals surface area (Å²) in [4.78, 5) is 25.0. The summed E-state index contributed by atoms with van der Waals surface area (Å²) < 4.78 is 5.02. The van der Waals surface area contributed by atoms with Gasteiger partial charge < -0.3 is 4.42 Å². The second kappa shape index (κ2) is 4.53. The Labute approximate surface area is 105 Å². The molecular formula is C12H14ClNO3. The van der Waals surface area contributed by atoms with E-state index in [1.807, 2.05) is 0 Å². The van der Waals surface area contributed by atoms with Gasteiger partial charge in [0.05, 0.1) is 0 Å². The topological polar surface area (TPSA) is 50.5 Å². The zero-order valence-electron chi connectivity index (χ0n) is 9.77. The summed E-state index contributed by atoms with van der Waals surface area (Å²) in [6.07, 6.45) is 0.428. The van der Waals surface area contributed by atoms with Gasteiger partial charge in [-0.2, -0.15) is 0 Å². The fourth-order valence-electron chi connectivity index (χ4n) is 1.94. The highest BCUT2D eigenvalue weighted by molar-refractivity contribution is 6.29. The fourth-order valence-corrected chi connectivity index (χ4v) is 2.09. The third kappa shape index (κ3) is 2.36. The molecule has 1 atom stereocenters. The molecule has 1 unspecified atom stereocenters. The van der Waals surface area contributed by atoms with Gasteiger partial charge in [-0.25, -0.2) is 0 Å². The summed E-state index contributed by atoms with van der Waals surface area (Å²) in [5.74, 6) is 0.202. The maximum atomic E-state index is 12.0. The van der Waals surface area contributed by atoms with E-state index in [0.717, 1.165) is 0 Å². The molecular weight excluding hydrogens is 242 g/mol. The molecule has 1 aliphatic rings. The zero-order chi connectivity index (χ0) is 12.6. The summed E-state index contributed by atoms with van der Waals surface area (Å²) >= 11 is 5.60. The SMILES string of the molecule is CC(C)C1CC(=O)N(C(=O)c2ccc(Cl)o2)C1. The average Bonchev–Trinajstić information content (AvgIpc) is 2.84. The fraction of sp³-hybridized carbons (Fsp3) is 0.500. The van der Waals surface area contributed by atoms with Crippen LogP contribution in [0.2, 0.25) is 5.22 Å². The molecule has 0 aromatic carbocycles. The molecule has 17 heavy (non-hydrogen) atoms. The Balaban J connectivity index is 2.13. The Morgan fingerprint density at radius 3 is 2.71 bits per heavy atom. The summed E-state index contributed by atoms with van der Waals surface area (Å²) in [7, 11) is 0. The maximum Gasteiger partial charge on any atom is 0.296 e. The highest BCUT2D eigenvalue weighted by atomic mass is 35.5. The second-order valence-corrected chi connectivity index (χ2v) is 4.99. The molecule has 1 fully saturated rings. The van der Waals surface area contributed by atoms with Crippen LogP contribution in [0.3, 0.4) is 0 Å². The third-order valence-corrected chi connectivity index (χ3v) is 3.33. The van der Waals surface area contributed by atoms with E-state index in [1.165, 1.54) is 17.0 Å². The number of halogens is 1. The largest absolute Gasteiger partial charge is 0.440 e. The van der Waals surface area contributed by atoms with E-state index in [4.69, 9.17) is 16.0 Å². The van der Waals surface area contributed by atoms with Crippen LogP contribution in [0.5, 0.6) is 0 Å². The van der Waals surface area contributed by atoms with E-state index in [-0.39, 0.29) is 22.8 Å². The number of hydrogen-bond acceptors (Lipinski definition) is 3. The van der Waals surface area contributed by atoms with E-state index >= 15 is 0 Å². The van der Waals surface area contributed by atoms with Crippen molar-refractivity contribution in [2.45, 2.75) is 20.3 Å². The van der Waals surface area contributed by atoms with Crippen molar-refractivity contribution in [3.8, 4) is 0 Å². The smallest absolute Gasteiger partial charge is 0.296 e. The quantitative estimate of drug-likeness (QED) is 0.763. The van der Waals surface area contributed by atoms with Gasteiger partial charge in [-0.05, 0) is 35.6 Å². The molecule has 0 saturated carbocycles. The van der Waals surface area contributed by atoms with Crippen LogP contribution in [-0.4, -0.2) is 23.3 Å². The molecule has 0 radical (unpaired) electrons. The number of rotatable bonds is 2. The first-order valence-electron chi connectivity index (χ1n) is 5.59. The van der Waals surface area contributed by atoms with Gasteiger partial charge in [0.15, 0.2) is 11.0 Å². The number of carbonyl (C=O) groups is 2. The zero-order valence-corrected chi connectivity index (χ0v) is 10.5. The number of furan rings is 1. The van der Waals surface area contributed by atoms with Gasteiger partial charge in [-0.1, -0.05) is 13.8 Å². The molecule has 5 heteroatoms. The number of carbonyl (C=O) groups excluding carboxylic acids is 2. The standard InChI is InChI=1S/C12H14ClNO3/c1-7(2)8-5-11(15)14(6-8)12(16)9-3-4-10(13)17-9/h3-4,7-8H,5-6H2,1-2H3. The molecule has 2 amide bonds. The minimum atomic E-state index is -0.398. The van der Waals surface area contributed by atoms with Crippen LogP contribution in [0.25, 0.3) is 0 Å². The van der Waals surface area contributed by atoms with Crippen LogP contribution >= 0.6 is 11.6 Å².